The Labute approximate surface area is 168 Å². The van der Waals surface area contributed by atoms with Gasteiger partial charge < -0.3 is 10.1 Å². The third kappa shape index (κ3) is 4.49. The van der Waals surface area contributed by atoms with E-state index in [2.05, 4.69) is 10.3 Å². The topological polar surface area (TPSA) is 88.6 Å². The van der Waals surface area contributed by atoms with Crippen LogP contribution in [0.15, 0.2) is 47.4 Å². The molecule has 0 fully saturated rings. The Morgan fingerprint density at radius 2 is 2.04 bits per heavy atom. The predicted molar refractivity (Wildman–Crippen MR) is 109 cm³/mol. The van der Waals surface area contributed by atoms with Gasteiger partial charge >= 0.3 is 0 Å². The monoisotopic (exact) mass is 419 g/mol. The molecule has 0 unspecified atom stereocenters. The molecule has 1 amide bonds. The summed E-state index contributed by atoms with van der Waals surface area (Å²) in [6, 6.07) is 12.1. The number of aromatic nitrogens is 1. The van der Waals surface area contributed by atoms with Crippen LogP contribution in [0.5, 0.6) is 5.75 Å². The number of sulfonamides is 1. The number of carbonyl (C=O) groups excluding carboxylic acids is 1. The van der Waals surface area contributed by atoms with Crippen LogP contribution in [0.25, 0.3) is 10.2 Å². The van der Waals surface area contributed by atoms with Crippen LogP contribution < -0.4 is 10.1 Å². The Kier molecular flexibility index (Phi) is 5.97. The van der Waals surface area contributed by atoms with Gasteiger partial charge in [-0.3, -0.25) is 4.79 Å². The number of ether oxygens (including phenoxy) is 1. The molecule has 1 heterocycles. The van der Waals surface area contributed by atoms with Gasteiger partial charge in [0.15, 0.2) is 0 Å². The van der Waals surface area contributed by atoms with Gasteiger partial charge in [0.1, 0.15) is 5.75 Å². The van der Waals surface area contributed by atoms with Crippen LogP contribution in [0, 0.1) is 6.92 Å². The molecule has 9 heteroatoms. The average Bonchev–Trinajstić information content (AvgIpc) is 3.05. The van der Waals surface area contributed by atoms with Gasteiger partial charge in [-0.2, -0.15) is 4.31 Å². The normalized spacial score (nSPS) is 11.7. The van der Waals surface area contributed by atoms with Gasteiger partial charge in [0.2, 0.25) is 15.9 Å². The second-order valence-corrected chi connectivity index (χ2v) is 9.53. The fourth-order valence-corrected chi connectivity index (χ4v) is 4.78. The first-order valence-corrected chi connectivity index (χ1v) is 10.8. The van der Waals surface area contributed by atoms with E-state index >= 15 is 0 Å². The molecule has 0 aliphatic rings. The van der Waals surface area contributed by atoms with Crippen molar-refractivity contribution in [2.24, 2.45) is 0 Å². The molecule has 0 aliphatic heterocycles. The van der Waals surface area contributed by atoms with Crippen LogP contribution in [-0.2, 0) is 21.4 Å². The lowest BCUT2D eigenvalue weighted by atomic mass is 10.2. The summed E-state index contributed by atoms with van der Waals surface area (Å²) in [5, 5.41) is 3.60. The summed E-state index contributed by atoms with van der Waals surface area (Å²) in [5.41, 5.74) is 1.63. The van der Waals surface area contributed by atoms with Crippen molar-refractivity contribution in [3.05, 3.63) is 53.0 Å². The fraction of sp³-hybridized carbons (Fsp3) is 0.263. The highest BCUT2D eigenvalue weighted by Gasteiger charge is 2.23. The first-order chi connectivity index (χ1) is 13.3. The molecule has 0 aliphatic carbocycles. The van der Waals surface area contributed by atoms with Crippen LogP contribution in [0.3, 0.4) is 0 Å². The number of rotatable bonds is 7. The highest BCUT2D eigenvalue weighted by atomic mass is 32.2. The molecular formula is C19H21N3O4S2. The summed E-state index contributed by atoms with van der Waals surface area (Å²) in [6.45, 7) is 1.89. The Morgan fingerprint density at radius 1 is 1.25 bits per heavy atom. The van der Waals surface area contributed by atoms with E-state index in [1.54, 1.807) is 19.2 Å². The number of likely N-dealkylation sites (N-methyl/N-ethyl adjacent to an activating group) is 1. The maximum atomic E-state index is 12.8. The van der Waals surface area contributed by atoms with Crippen molar-refractivity contribution in [3.63, 3.8) is 0 Å². The molecule has 2 aromatic carbocycles. The minimum absolute atomic E-state index is 0.145. The number of fused-ring (bicyclic) bond motifs is 1. The Morgan fingerprint density at radius 3 is 2.79 bits per heavy atom. The maximum Gasteiger partial charge on any atom is 0.243 e. The number of amides is 1. The molecule has 3 rings (SSSR count). The highest BCUT2D eigenvalue weighted by Crippen LogP contribution is 2.25. The molecule has 0 bridgehead atoms. The first-order valence-electron chi connectivity index (χ1n) is 8.53. The van der Waals surface area contributed by atoms with E-state index in [0.29, 0.717) is 5.75 Å². The number of thiazole rings is 1. The van der Waals surface area contributed by atoms with Crippen molar-refractivity contribution in [3.8, 4) is 5.75 Å². The first kappa shape index (κ1) is 20.2. The van der Waals surface area contributed by atoms with Crippen molar-refractivity contribution in [2.75, 3.05) is 20.7 Å². The second kappa shape index (κ2) is 8.26. The molecule has 0 spiro atoms. The summed E-state index contributed by atoms with van der Waals surface area (Å²) < 4.78 is 32.6. The quantitative estimate of drug-likeness (QED) is 0.636. The van der Waals surface area contributed by atoms with Crippen molar-refractivity contribution < 1.29 is 17.9 Å². The number of nitrogens with zero attached hydrogens (tertiary/aromatic N) is 2. The van der Waals surface area contributed by atoms with Gasteiger partial charge in [-0.25, -0.2) is 13.4 Å². The molecular weight excluding hydrogens is 398 g/mol. The van der Waals surface area contributed by atoms with Crippen LogP contribution in [0.4, 0.5) is 0 Å². The molecule has 0 saturated heterocycles. The summed E-state index contributed by atoms with van der Waals surface area (Å²) in [7, 11) is -0.815. The van der Waals surface area contributed by atoms with Crippen molar-refractivity contribution >= 4 is 37.5 Å². The van der Waals surface area contributed by atoms with E-state index in [9.17, 15) is 13.2 Å². The molecule has 7 nitrogen and oxygen atoms in total. The predicted octanol–water partition coefficient (Wildman–Crippen LogP) is 2.55. The molecule has 1 aromatic heterocycles. The van der Waals surface area contributed by atoms with Crippen LogP contribution in [0.1, 0.15) is 10.6 Å². The number of carbonyl (C=O) groups is 1. The molecule has 1 N–H and O–H groups in total. The number of benzene rings is 2. The summed E-state index contributed by atoms with van der Waals surface area (Å²) in [5.74, 6) is 0.309. The maximum absolute atomic E-state index is 12.8. The number of aryl methyl sites for hydroxylation is 1. The summed E-state index contributed by atoms with van der Waals surface area (Å²) in [6.07, 6.45) is 0. The van der Waals surface area contributed by atoms with E-state index in [-0.39, 0.29) is 23.9 Å². The van der Waals surface area contributed by atoms with Crippen molar-refractivity contribution in [1.29, 1.82) is 0 Å². The van der Waals surface area contributed by atoms with Gasteiger partial charge in [0, 0.05) is 13.6 Å². The van der Waals surface area contributed by atoms with E-state index in [1.165, 1.54) is 24.5 Å². The third-order valence-corrected chi connectivity index (χ3v) is 6.90. The minimum atomic E-state index is -3.78. The van der Waals surface area contributed by atoms with Crippen LogP contribution in [-0.4, -0.2) is 44.3 Å². The average molecular weight is 420 g/mol. The van der Waals surface area contributed by atoms with Crippen molar-refractivity contribution in [2.45, 2.75) is 18.4 Å². The van der Waals surface area contributed by atoms with E-state index in [0.717, 1.165) is 25.1 Å². The van der Waals surface area contributed by atoms with Crippen LogP contribution >= 0.6 is 11.3 Å². The lowest BCUT2D eigenvalue weighted by Gasteiger charge is -2.17. The minimum Gasteiger partial charge on any atom is -0.497 e. The van der Waals surface area contributed by atoms with Gasteiger partial charge in [-0.15, -0.1) is 11.3 Å². The standard InChI is InChI=1S/C19H21N3O4S2/c1-13-21-17-8-7-16(10-18(17)27-13)28(24,25)22(2)12-19(23)20-11-14-5-4-6-15(9-14)26-3/h4-10H,11-12H2,1-3H3,(H,20,23). The van der Waals surface area contributed by atoms with E-state index in [1.807, 2.05) is 31.2 Å². The second-order valence-electron chi connectivity index (χ2n) is 6.25. The van der Waals surface area contributed by atoms with Gasteiger partial charge in [0.25, 0.3) is 0 Å². The number of hydrogen-bond acceptors (Lipinski definition) is 6. The van der Waals surface area contributed by atoms with Crippen LogP contribution in [0.2, 0.25) is 0 Å². The molecule has 0 radical (unpaired) electrons. The number of methoxy groups -OCH3 is 1. The molecule has 28 heavy (non-hydrogen) atoms. The lowest BCUT2D eigenvalue weighted by molar-refractivity contribution is -0.121. The zero-order valence-electron chi connectivity index (χ0n) is 15.8. The van der Waals surface area contributed by atoms with Gasteiger partial charge in [0.05, 0.1) is 33.8 Å². The number of nitrogens with one attached hydrogen (secondary N) is 1. The fourth-order valence-electron chi connectivity index (χ4n) is 2.69. The molecule has 3 aromatic rings. The third-order valence-electron chi connectivity index (χ3n) is 4.17. The zero-order chi connectivity index (χ0) is 20.3. The molecule has 148 valence electrons. The number of hydrogen-bond donors (Lipinski definition) is 1. The van der Waals surface area contributed by atoms with Gasteiger partial charge in [-0.1, -0.05) is 12.1 Å². The Balaban J connectivity index is 1.66. The molecule has 0 saturated carbocycles. The zero-order valence-corrected chi connectivity index (χ0v) is 17.4. The lowest BCUT2D eigenvalue weighted by Crippen LogP contribution is -2.38. The van der Waals surface area contributed by atoms with Gasteiger partial charge in [-0.05, 0) is 42.8 Å². The summed E-state index contributed by atoms with van der Waals surface area (Å²) >= 11 is 1.43. The summed E-state index contributed by atoms with van der Waals surface area (Å²) in [4.78, 5) is 16.7. The Bertz CT molecular complexity index is 1110. The Hall–Kier alpha value is -2.49. The smallest absolute Gasteiger partial charge is 0.243 e. The van der Waals surface area contributed by atoms with Crippen molar-refractivity contribution in [1.82, 2.24) is 14.6 Å². The largest absolute Gasteiger partial charge is 0.497 e. The van der Waals surface area contributed by atoms with E-state index in [4.69, 9.17) is 4.74 Å². The SMILES string of the molecule is COc1cccc(CNC(=O)CN(C)S(=O)(=O)c2ccc3nc(C)sc3c2)c1. The van der Waals surface area contributed by atoms with E-state index < -0.39 is 10.0 Å². The highest BCUT2D eigenvalue weighted by molar-refractivity contribution is 7.89. The molecule has 0 atom stereocenters.